The van der Waals surface area contributed by atoms with Crippen molar-refractivity contribution in [3.05, 3.63) is 83.4 Å². The number of hydrogen-bond acceptors (Lipinski definition) is 3. The van der Waals surface area contributed by atoms with E-state index < -0.39 is 6.10 Å². The molecular weight excluding hydrogens is 368 g/mol. The number of aliphatic hydroxyl groups is 1. The molecule has 2 fully saturated rings. The van der Waals surface area contributed by atoms with E-state index in [0.717, 1.165) is 5.56 Å². The largest absolute Gasteiger partial charge is 0.388 e. The molecule has 4 atom stereocenters. The fraction of sp³-hybridized carbons (Fsp3) is 0.417. The first kappa shape index (κ1) is 19.2. The molecule has 1 aliphatic carbocycles. The molecule has 1 saturated carbocycles. The van der Waals surface area contributed by atoms with Crippen molar-refractivity contribution in [1.29, 1.82) is 0 Å². The van der Waals surface area contributed by atoms with Gasteiger partial charge in [0.05, 0.1) is 10.2 Å². The zero-order chi connectivity index (χ0) is 18.9. The number of hydrogen-bond donors (Lipinski definition) is 1. The van der Waals surface area contributed by atoms with Crippen molar-refractivity contribution >= 4 is 23.5 Å². The van der Waals surface area contributed by atoms with E-state index in [4.69, 9.17) is 0 Å². The molecule has 1 heterocycles. The number of allylic oxidation sites excluding steroid dienone is 1. The average molecular weight is 397 g/mol. The summed E-state index contributed by atoms with van der Waals surface area (Å²) in [6, 6.07) is 21.0. The summed E-state index contributed by atoms with van der Waals surface area (Å²) in [4.78, 5) is 0. The van der Waals surface area contributed by atoms with Crippen molar-refractivity contribution in [2.24, 2.45) is 11.8 Å². The fourth-order valence-corrected chi connectivity index (χ4v) is 8.42. The maximum Gasteiger partial charge on any atom is 0.0831 e. The Morgan fingerprint density at radius 1 is 1.00 bits per heavy atom. The average Bonchev–Trinajstić information content (AvgIpc) is 3.45. The molecule has 2 aliphatic rings. The van der Waals surface area contributed by atoms with E-state index >= 15 is 0 Å². The van der Waals surface area contributed by atoms with Crippen molar-refractivity contribution in [2.45, 2.75) is 36.4 Å². The molecule has 0 radical (unpaired) electrons. The fourth-order valence-electron chi connectivity index (χ4n) is 4.56. The lowest BCUT2D eigenvalue weighted by Gasteiger charge is -2.35. The van der Waals surface area contributed by atoms with Crippen LogP contribution in [0.25, 0.3) is 0 Å². The van der Waals surface area contributed by atoms with E-state index in [1.807, 2.05) is 18.2 Å². The molecule has 0 unspecified atom stereocenters. The molecule has 0 aromatic heterocycles. The summed E-state index contributed by atoms with van der Waals surface area (Å²) in [5.41, 5.74) is 3.79. The van der Waals surface area contributed by atoms with Crippen LogP contribution < -0.4 is 0 Å². The summed E-state index contributed by atoms with van der Waals surface area (Å²) in [6.45, 7) is 4.42. The Kier molecular flexibility index (Phi) is 5.73. The highest BCUT2D eigenvalue weighted by atomic mass is 32.2. The van der Waals surface area contributed by atoms with Crippen molar-refractivity contribution in [2.75, 3.05) is 11.5 Å². The highest BCUT2D eigenvalue weighted by molar-refractivity contribution is 8.19. The van der Waals surface area contributed by atoms with Gasteiger partial charge in [-0.25, -0.2) is 0 Å². The van der Waals surface area contributed by atoms with Crippen LogP contribution in [0.3, 0.4) is 0 Å². The molecule has 1 nitrogen and oxygen atoms in total. The molecule has 27 heavy (non-hydrogen) atoms. The van der Waals surface area contributed by atoms with Gasteiger partial charge in [-0.05, 0) is 54.7 Å². The lowest BCUT2D eigenvalue weighted by Crippen LogP contribution is -2.28. The number of aliphatic hydroxyl groups excluding tert-OH is 1. The predicted octanol–water partition coefficient (Wildman–Crippen LogP) is 6.28. The van der Waals surface area contributed by atoms with Gasteiger partial charge in [0.25, 0.3) is 0 Å². The maximum absolute atomic E-state index is 11.3. The summed E-state index contributed by atoms with van der Waals surface area (Å²) >= 11 is 4.20. The Morgan fingerprint density at radius 3 is 2.19 bits per heavy atom. The summed E-state index contributed by atoms with van der Waals surface area (Å²) in [6.07, 6.45) is 3.36. The highest BCUT2D eigenvalue weighted by Gasteiger charge is 2.64. The van der Waals surface area contributed by atoms with Crippen LogP contribution in [-0.2, 0) is 0 Å². The van der Waals surface area contributed by atoms with E-state index in [9.17, 15) is 5.11 Å². The quantitative estimate of drug-likeness (QED) is 0.600. The van der Waals surface area contributed by atoms with E-state index in [0.29, 0.717) is 11.8 Å². The van der Waals surface area contributed by atoms with E-state index in [-0.39, 0.29) is 10.00 Å². The second kappa shape index (κ2) is 8.06. The standard InChI is InChI=1S/C24H28OS2/c1-17(2)16-24(26-14-9-15-27-24)22-20(18-10-5-3-6-11-18)21(22)23(25)19-12-7-4-8-13-19/h3-8,10-13,16,20-23,25H,9,14-15H2,1-2H3/t20-,21-,22+,23+/m0/s1. The Hall–Kier alpha value is -1.16. The predicted molar refractivity (Wildman–Crippen MR) is 119 cm³/mol. The Bertz CT molecular complexity index is 777. The van der Waals surface area contributed by atoms with Crippen LogP contribution in [0.4, 0.5) is 0 Å². The molecule has 1 N–H and O–H groups in total. The molecule has 1 saturated heterocycles. The van der Waals surface area contributed by atoms with Gasteiger partial charge in [-0.3, -0.25) is 0 Å². The van der Waals surface area contributed by atoms with Crippen LogP contribution >= 0.6 is 23.5 Å². The van der Waals surface area contributed by atoms with Crippen molar-refractivity contribution < 1.29 is 5.11 Å². The smallest absolute Gasteiger partial charge is 0.0831 e. The lowest BCUT2D eigenvalue weighted by molar-refractivity contribution is 0.145. The molecule has 142 valence electrons. The summed E-state index contributed by atoms with van der Waals surface area (Å²) < 4.78 is 0.0814. The number of benzene rings is 2. The zero-order valence-electron chi connectivity index (χ0n) is 16.0. The summed E-state index contributed by atoms with van der Waals surface area (Å²) in [5.74, 6) is 3.56. The van der Waals surface area contributed by atoms with Crippen LogP contribution in [0.5, 0.6) is 0 Å². The van der Waals surface area contributed by atoms with Crippen LogP contribution in [0.15, 0.2) is 72.3 Å². The van der Waals surface area contributed by atoms with E-state index in [1.165, 1.54) is 29.1 Å². The molecule has 0 spiro atoms. The van der Waals surface area contributed by atoms with Gasteiger partial charge < -0.3 is 5.11 Å². The third kappa shape index (κ3) is 3.87. The summed E-state index contributed by atoms with van der Waals surface area (Å²) in [5, 5.41) is 11.3. The second-order valence-corrected chi connectivity index (χ2v) is 10.9. The van der Waals surface area contributed by atoms with E-state index in [2.05, 4.69) is 85.9 Å². The van der Waals surface area contributed by atoms with Crippen LogP contribution in [0, 0.1) is 11.8 Å². The van der Waals surface area contributed by atoms with Crippen LogP contribution in [-0.4, -0.2) is 20.7 Å². The Morgan fingerprint density at radius 2 is 1.59 bits per heavy atom. The van der Waals surface area contributed by atoms with Crippen molar-refractivity contribution in [3.63, 3.8) is 0 Å². The monoisotopic (exact) mass is 396 g/mol. The van der Waals surface area contributed by atoms with Gasteiger partial charge in [0.1, 0.15) is 0 Å². The molecule has 4 rings (SSSR count). The van der Waals surface area contributed by atoms with Crippen molar-refractivity contribution in [1.82, 2.24) is 0 Å². The molecule has 0 bridgehead atoms. The SMILES string of the molecule is CC(C)=CC1([C@@H]2[C@@H](c3ccccc3)[C@@H]2[C@H](O)c2ccccc2)SCCCS1. The van der Waals surface area contributed by atoms with Gasteiger partial charge >= 0.3 is 0 Å². The second-order valence-electron chi connectivity index (χ2n) is 7.89. The van der Waals surface area contributed by atoms with Crippen molar-refractivity contribution in [3.8, 4) is 0 Å². The maximum atomic E-state index is 11.3. The third-order valence-electron chi connectivity index (χ3n) is 5.66. The topological polar surface area (TPSA) is 20.2 Å². The Labute approximate surface area is 171 Å². The molecule has 3 heteroatoms. The lowest BCUT2D eigenvalue weighted by atomic mass is 10.0. The van der Waals surface area contributed by atoms with Gasteiger partial charge in [-0.15, -0.1) is 23.5 Å². The van der Waals surface area contributed by atoms with Gasteiger partial charge in [0.2, 0.25) is 0 Å². The third-order valence-corrected chi connectivity index (χ3v) is 9.04. The first-order valence-corrected chi connectivity index (χ1v) is 11.8. The van der Waals surface area contributed by atoms with E-state index in [1.54, 1.807) is 0 Å². The first-order chi connectivity index (χ1) is 13.1. The number of thioether (sulfide) groups is 2. The van der Waals surface area contributed by atoms with Gasteiger partial charge in [-0.2, -0.15) is 0 Å². The molecule has 2 aromatic rings. The minimum Gasteiger partial charge on any atom is -0.388 e. The Balaban J connectivity index is 1.72. The minimum atomic E-state index is -0.410. The van der Waals surface area contributed by atoms with Gasteiger partial charge in [0, 0.05) is 5.92 Å². The molecule has 2 aromatic carbocycles. The van der Waals surface area contributed by atoms with Crippen LogP contribution in [0.2, 0.25) is 0 Å². The molecular formula is C24H28OS2. The minimum absolute atomic E-state index is 0.0814. The first-order valence-electron chi connectivity index (χ1n) is 9.84. The van der Waals surface area contributed by atoms with Crippen LogP contribution in [0.1, 0.15) is 43.4 Å². The zero-order valence-corrected chi connectivity index (χ0v) is 17.7. The molecule has 1 aliphatic heterocycles. The summed E-state index contributed by atoms with van der Waals surface area (Å²) in [7, 11) is 0. The highest BCUT2D eigenvalue weighted by Crippen LogP contribution is 2.70. The normalized spacial score (nSPS) is 27.6. The number of rotatable bonds is 5. The van der Waals surface area contributed by atoms with Gasteiger partial charge in [-0.1, -0.05) is 72.3 Å². The van der Waals surface area contributed by atoms with Gasteiger partial charge in [0.15, 0.2) is 0 Å². The molecule has 0 amide bonds.